The molecule has 1 heterocycles. The Hall–Kier alpha value is -2.20. The Morgan fingerprint density at radius 3 is 2.25 bits per heavy atom. The molecule has 28 heavy (non-hydrogen) atoms. The highest BCUT2D eigenvalue weighted by molar-refractivity contribution is 5.64. The molecule has 0 bridgehead atoms. The summed E-state index contributed by atoms with van der Waals surface area (Å²) in [6.45, 7) is 5.67. The lowest BCUT2D eigenvalue weighted by Crippen LogP contribution is -2.33. The van der Waals surface area contributed by atoms with Crippen LogP contribution in [0.2, 0.25) is 0 Å². The van der Waals surface area contributed by atoms with E-state index in [9.17, 15) is 0 Å². The van der Waals surface area contributed by atoms with Crippen LogP contribution in [0.1, 0.15) is 37.5 Å². The van der Waals surface area contributed by atoms with Crippen molar-refractivity contribution in [1.82, 2.24) is 0 Å². The lowest BCUT2D eigenvalue weighted by Gasteiger charge is -2.29. The summed E-state index contributed by atoms with van der Waals surface area (Å²) in [5.74, 6) is 0. The number of ether oxygens (including phenoxy) is 3. The molecule has 148 valence electrons. The molecule has 1 aliphatic heterocycles. The minimum Gasteiger partial charge on any atom is -0.366 e. The van der Waals surface area contributed by atoms with Gasteiger partial charge in [0.15, 0.2) is 6.29 Å². The van der Waals surface area contributed by atoms with E-state index in [1.54, 1.807) is 0 Å². The van der Waals surface area contributed by atoms with Gasteiger partial charge in [-0.1, -0.05) is 86.2 Å². The molecule has 1 aliphatic rings. The van der Waals surface area contributed by atoms with Crippen molar-refractivity contribution in [1.29, 1.82) is 0 Å². The summed E-state index contributed by atoms with van der Waals surface area (Å²) in [5, 5.41) is 0. The van der Waals surface area contributed by atoms with Crippen LogP contribution in [-0.4, -0.2) is 26.1 Å². The normalized spacial score (nSPS) is 20.2. The molecule has 0 aliphatic carbocycles. The molecule has 3 rings (SSSR count). The quantitative estimate of drug-likeness (QED) is 0.538. The summed E-state index contributed by atoms with van der Waals surface area (Å²) in [6, 6.07) is 17.4. The van der Waals surface area contributed by atoms with Crippen LogP contribution in [0.3, 0.4) is 0 Å². The van der Waals surface area contributed by atoms with Gasteiger partial charge in [-0.25, -0.2) is 0 Å². The Morgan fingerprint density at radius 2 is 1.64 bits per heavy atom. The van der Waals surface area contributed by atoms with Gasteiger partial charge in [-0.3, -0.25) is 0 Å². The summed E-state index contributed by atoms with van der Waals surface area (Å²) in [7, 11) is 0. The second kappa shape index (κ2) is 11.0. The molecule has 2 aromatic rings. The average Bonchev–Trinajstić information content (AvgIpc) is 2.75. The van der Waals surface area contributed by atoms with Gasteiger partial charge in [0.25, 0.3) is 0 Å². The molecule has 3 heteroatoms. The SMILES string of the molecule is C/C=C/C=C/CO[C@@H]1CO[C@@H](c2ccc(-c3ccc(CCC)cc3)cc2)CO1. The lowest BCUT2D eigenvalue weighted by molar-refractivity contribution is -0.232. The Balaban J connectivity index is 1.50. The number of aryl methyl sites for hydroxylation is 1. The van der Waals surface area contributed by atoms with Gasteiger partial charge in [0, 0.05) is 0 Å². The van der Waals surface area contributed by atoms with E-state index < -0.39 is 0 Å². The van der Waals surface area contributed by atoms with Crippen molar-refractivity contribution < 1.29 is 14.2 Å². The van der Waals surface area contributed by atoms with Crippen LogP contribution < -0.4 is 0 Å². The first-order chi connectivity index (χ1) is 13.8. The molecule has 3 nitrogen and oxygen atoms in total. The Kier molecular flexibility index (Phi) is 8.04. The van der Waals surface area contributed by atoms with Crippen LogP contribution in [0, 0.1) is 0 Å². The van der Waals surface area contributed by atoms with Gasteiger partial charge in [-0.05, 0) is 35.6 Å². The van der Waals surface area contributed by atoms with Crippen LogP contribution in [-0.2, 0) is 20.6 Å². The van der Waals surface area contributed by atoms with Crippen molar-refractivity contribution in [3.8, 4) is 11.1 Å². The van der Waals surface area contributed by atoms with Crippen LogP contribution in [0.15, 0.2) is 72.8 Å². The van der Waals surface area contributed by atoms with E-state index in [-0.39, 0.29) is 12.4 Å². The highest BCUT2D eigenvalue weighted by Crippen LogP contribution is 2.27. The predicted octanol–water partition coefficient (Wildman–Crippen LogP) is 5.87. The van der Waals surface area contributed by atoms with Crippen LogP contribution in [0.5, 0.6) is 0 Å². The summed E-state index contributed by atoms with van der Waals surface area (Å²) in [6.07, 6.45) is 9.85. The molecule has 1 saturated heterocycles. The lowest BCUT2D eigenvalue weighted by atomic mass is 10.00. The molecule has 0 N–H and O–H groups in total. The maximum atomic E-state index is 5.95. The third kappa shape index (κ3) is 5.90. The molecule has 0 radical (unpaired) electrons. The number of hydrogen-bond acceptors (Lipinski definition) is 3. The highest BCUT2D eigenvalue weighted by Gasteiger charge is 2.23. The molecule has 2 atom stereocenters. The molecule has 0 aromatic heterocycles. The molecule has 0 saturated carbocycles. The number of benzene rings is 2. The Bertz CT molecular complexity index is 751. The van der Waals surface area contributed by atoms with Gasteiger partial charge in [-0.2, -0.15) is 0 Å². The zero-order valence-corrected chi connectivity index (χ0v) is 16.8. The Morgan fingerprint density at radius 1 is 0.929 bits per heavy atom. The molecular weight excluding hydrogens is 348 g/mol. The van der Waals surface area contributed by atoms with Crippen molar-refractivity contribution >= 4 is 0 Å². The molecule has 2 aromatic carbocycles. The second-order valence-corrected chi connectivity index (χ2v) is 6.94. The van der Waals surface area contributed by atoms with Gasteiger partial charge >= 0.3 is 0 Å². The maximum absolute atomic E-state index is 5.95. The summed E-state index contributed by atoms with van der Waals surface area (Å²) < 4.78 is 17.4. The standard InChI is InChI=1S/C25H30O3/c1-3-5-6-7-17-26-25-19-27-24(18-28-25)23-15-13-22(14-16-23)21-11-9-20(8-4-2)10-12-21/h3,5-7,9-16,24-25H,4,8,17-19H2,1-2H3/b5-3+,7-6+/t24-,25+/m1/s1. The van der Waals surface area contributed by atoms with Gasteiger partial charge in [0.05, 0.1) is 19.8 Å². The van der Waals surface area contributed by atoms with E-state index >= 15 is 0 Å². The van der Waals surface area contributed by atoms with E-state index in [0.29, 0.717) is 19.8 Å². The third-order valence-corrected chi connectivity index (χ3v) is 4.79. The van der Waals surface area contributed by atoms with Crippen LogP contribution in [0.4, 0.5) is 0 Å². The first kappa shape index (κ1) is 20.5. The zero-order chi connectivity index (χ0) is 19.6. The summed E-state index contributed by atoms with van der Waals surface area (Å²) in [4.78, 5) is 0. The zero-order valence-electron chi connectivity index (χ0n) is 16.8. The second-order valence-electron chi connectivity index (χ2n) is 6.94. The van der Waals surface area contributed by atoms with Crippen molar-refractivity contribution in [2.75, 3.05) is 19.8 Å². The molecule has 0 spiro atoms. The third-order valence-electron chi connectivity index (χ3n) is 4.79. The van der Waals surface area contributed by atoms with E-state index in [2.05, 4.69) is 55.5 Å². The van der Waals surface area contributed by atoms with Gasteiger partial charge in [0.2, 0.25) is 0 Å². The average molecular weight is 379 g/mol. The minimum absolute atomic E-state index is 0.0422. The van der Waals surface area contributed by atoms with Gasteiger partial charge < -0.3 is 14.2 Å². The number of hydrogen-bond donors (Lipinski definition) is 0. The van der Waals surface area contributed by atoms with Crippen molar-refractivity contribution in [2.45, 2.75) is 39.1 Å². The highest BCUT2D eigenvalue weighted by atomic mass is 16.7. The minimum atomic E-state index is -0.299. The van der Waals surface area contributed by atoms with Crippen LogP contribution >= 0.6 is 0 Å². The first-order valence-electron chi connectivity index (χ1n) is 10.1. The molecule has 1 fully saturated rings. The predicted molar refractivity (Wildman–Crippen MR) is 114 cm³/mol. The fourth-order valence-corrected chi connectivity index (χ4v) is 3.23. The summed E-state index contributed by atoms with van der Waals surface area (Å²) >= 11 is 0. The van der Waals surface area contributed by atoms with E-state index in [4.69, 9.17) is 14.2 Å². The number of rotatable bonds is 8. The van der Waals surface area contributed by atoms with Crippen molar-refractivity contribution in [2.24, 2.45) is 0 Å². The topological polar surface area (TPSA) is 27.7 Å². The number of allylic oxidation sites excluding steroid dienone is 3. The van der Waals surface area contributed by atoms with E-state index in [0.717, 1.165) is 12.0 Å². The van der Waals surface area contributed by atoms with Crippen LogP contribution in [0.25, 0.3) is 11.1 Å². The largest absolute Gasteiger partial charge is 0.366 e. The fourth-order valence-electron chi connectivity index (χ4n) is 3.23. The van der Waals surface area contributed by atoms with Gasteiger partial charge in [0.1, 0.15) is 6.10 Å². The molecule has 0 amide bonds. The van der Waals surface area contributed by atoms with Crippen molar-refractivity contribution in [3.05, 3.63) is 84.0 Å². The summed E-state index contributed by atoms with van der Waals surface area (Å²) in [5.41, 5.74) is 4.99. The smallest absolute Gasteiger partial charge is 0.181 e. The van der Waals surface area contributed by atoms with E-state index in [1.165, 1.54) is 23.1 Å². The monoisotopic (exact) mass is 378 g/mol. The first-order valence-corrected chi connectivity index (χ1v) is 10.1. The van der Waals surface area contributed by atoms with Crippen molar-refractivity contribution in [3.63, 3.8) is 0 Å². The molecular formula is C25H30O3. The maximum Gasteiger partial charge on any atom is 0.181 e. The fraction of sp³-hybridized carbons (Fsp3) is 0.360. The Labute approximate surface area is 168 Å². The molecule has 0 unspecified atom stereocenters. The van der Waals surface area contributed by atoms with Gasteiger partial charge in [-0.15, -0.1) is 0 Å². The van der Waals surface area contributed by atoms with E-state index in [1.807, 2.05) is 31.2 Å².